The van der Waals surface area contributed by atoms with Gasteiger partial charge in [0, 0.05) is 40.1 Å². The zero-order valence-electron chi connectivity index (χ0n) is 28.0. The van der Waals surface area contributed by atoms with Gasteiger partial charge in [-0.3, -0.25) is 34.2 Å². The van der Waals surface area contributed by atoms with E-state index in [0.717, 1.165) is 0 Å². The van der Waals surface area contributed by atoms with Crippen LogP contribution < -0.4 is 11.1 Å². The molecule has 0 aliphatic heterocycles. The van der Waals surface area contributed by atoms with Crippen molar-refractivity contribution in [1.82, 2.24) is 10.2 Å². The maximum absolute atomic E-state index is 13.7. The van der Waals surface area contributed by atoms with E-state index >= 15 is 0 Å². The monoisotopic (exact) mass is 800 g/mol. The number of hydrogen-bond donors (Lipinski definition) is 9. The van der Waals surface area contributed by atoms with Crippen molar-refractivity contribution in [2.75, 3.05) is 20.7 Å². The SMILES string of the molecule is CN(C)[C@@H]1C(=O)/C(=C(\N)O)C(=O)[C@@]2(O)C(=O)C3=C(O)c4c(O)ccc(Cl)c4[C@@](C)(O)[C@H]3C[C@@H]12.O=C(N[C@H](CO)[C@H](O)c1ccc([N+](=O)[O-])cc1)C(Cl)Cl. The van der Waals surface area contributed by atoms with Crippen molar-refractivity contribution in [3.8, 4) is 5.75 Å². The second kappa shape index (κ2) is 15.2. The van der Waals surface area contributed by atoms with Crippen LogP contribution in [0.25, 0.3) is 5.76 Å². The Morgan fingerprint density at radius 3 is 2.17 bits per heavy atom. The fourth-order valence-electron chi connectivity index (χ4n) is 7.06. The summed E-state index contributed by atoms with van der Waals surface area (Å²) >= 11 is 17.0. The first-order valence-electron chi connectivity index (χ1n) is 15.6. The van der Waals surface area contributed by atoms with E-state index in [4.69, 9.17) is 45.6 Å². The summed E-state index contributed by atoms with van der Waals surface area (Å²) in [6, 6.07) is 5.29. The molecule has 3 aliphatic rings. The average molecular weight is 802 g/mol. The standard InChI is InChI=1S/C22H23ClN2O8.C11H12Cl2N2O5/c1-21(32)7-6-8-15(25(2)3)17(28)13(20(24)31)19(30)22(8,33)18(29)11(7)16(27)12-10(26)5-4-9(23)14(12)21;12-10(13)11(18)14-8(5-16)9(17)6-1-3-7(4-2-6)15(19)20/h4-5,7-8,15,26-27,31-33H,6,24H2,1-3H3;1-4,8-10,16-17H,5H2,(H,14,18)/b20-13-;/t7-,8-,15-,21-,22-;8-,9-/m01/s1. The number of phenolic OH excluding ortho intramolecular Hbond substituents is 1. The van der Waals surface area contributed by atoms with Gasteiger partial charge in [-0.25, -0.2) is 0 Å². The van der Waals surface area contributed by atoms with Crippen molar-refractivity contribution in [2.45, 2.75) is 47.6 Å². The minimum Gasteiger partial charge on any atom is -0.507 e. The Kier molecular flexibility index (Phi) is 11.9. The molecular formula is C33H35Cl3N4O13. The number of nitro groups is 1. The van der Waals surface area contributed by atoms with Crippen LogP contribution in [0.1, 0.15) is 36.1 Å². The number of non-ortho nitro benzene ring substituents is 1. The number of Topliss-reactive ketones (excluding diaryl/α,β-unsaturated/α-hetero) is 3. The van der Waals surface area contributed by atoms with E-state index < -0.39 is 109 Å². The molecule has 286 valence electrons. The third-order valence-electron chi connectivity index (χ3n) is 9.61. The molecule has 0 heterocycles. The van der Waals surface area contributed by atoms with Gasteiger partial charge in [0.05, 0.1) is 34.8 Å². The number of hydrogen-bond acceptors (Lipinski definition) is 15. The quantitative estimate of drug-likeness (QED) is 0.0362. The first-order valence-corrected chi connectivity index (χ1v) is 16.8. The lowest BCUT2D eigenvalue weighted by molar-refractivity contribution is -0.384. The van der Waals surface area contributed by atoms with Crippen LogP contribution in [0.15, 0.2) is 53.4 Å². The van der Waals surface area contributed by atoms with E-state index in [1.165, 1.54) is 62.3 Å². The van der Waals surface area contributed by atoms with Crippen molar-refractivity contribution >= 4 is 69.5 Å². The number of likely N-dealkylation sites (N-methyl/N-ethyl adjacent to an activating group) is 1. The molecule has 2 fully saturated rings. The number of aliphatic hydroxyl groups is 6. The van der Waals surface area contributed by atoms with Gasteiger partial charge in [-0.05, 0) is 57.3 Å². The number of phenols is 1. The second-order valence-corrected chi connectivity index (χ2v) is 14.5. The molecule has 0 aromatic heterocycles. The summed E-state index contributed by atoms with van der Waals surface area (Å²) in [4.78, 5) is 61.2. The van der Waals surface area contributed by atoms with Crippen molar-refractivity contribution in [2.24, 2.45) is 17.6 Å². The number of carbonyl (C=O) groups is 4. The van der Waals surface area contributed by atoms with Gasteiger partial charge in [0.15, 0.2) is 22.1 Å². The van der Waals surface area contributed by atoms with Crippen LogP contribution in [0, 0.1) is 22.0 Å². The minimum atomic E-state index is -2.85. The molecule has 2 saturated carbocycles. The molecule has 17 nitrogen and oxygen atoms in total. The zero-order chi connectivity index (χ0) is 40.1. The highest BCUT2D eigenvalue weighted by Crippen LogP contribution is 2.57. The number of carbonyl (C=O) groups excluding carboxylic acids is 4. The maximum atomic E-state index is 13.7. The fraction of sp³-hybridized carbons (Fsp3) is 0.394. The molecule has 5 rings (SSSR count). The van der Waals surface area contributed by atoms with Crippen LogP contribution >= 0.6 is 34.8 Å². The smallest absolute Gasteiger partial charge is 0.269 e. The highest BCUT2D eigenvalue weighted by atomic mass is 35.5. The van der Waals surface area contributed by atoms with Crippen LogP contribution in [0.5, 0.6) is 5.75 Å². The predicted octanol–water partition coefficient (Wildman–Crippen LogP) is 1.19. The lowest BCUT2D eigenvalue weighted by Crippen LogP contribution is -2.70. The van der Waals surface area contributed by atoms with Gasteiger partial charge in [0.1, 0.15) is 23.2 Å². The van der Waals surface area contributed by atoms with Gasteiger partial charge < -0.3 is 46.8 Å². The van der Waals surface area contributed by atoms with Gasteiger partial charge in [-0.1, -0.05) is 34.8 Å². The third kappa shape index (κ3) is 7.06. The number of halogens is 3. The lowest BCUT2D eigenvalue weighted by atomic mass is 9.53. The molecule has 53 heavy (non-hydrogen) atoms. The van der Waals surface area contributed by atoms with Crippen LogP contribution in [0.2, 0.25) is 5.02 Å². The van der Waals surface area contributed by atoms with E-state index in [1.54, 1.807) is 0 Å². The van der Waals surface area contributed by atoms with E-state index in [0.29, 0.717) is 5.56 Å². The molecule has 1 amide bonds. The first-order chi connectivity index (χ1) is 24.5. The average Bonchev–Trinajstić information content (AvgIpc) is 3.08. The van der Waals surface area contributed by atoms with Gasteiger partial charge in [0.2, 0.25) is 11.6 Å². The van der Waals surface area contributed by atoms with Crippen molar-refractivity contribution < 1.29 is 59.8 Å². The Labute approximate surface area is 315 Å². The van der Waals surface area contributed by atoms with Crippen molar-refractivity contribution in [3.05, 3.63) is 85.3 Å². The Morgan fingerprint density at radius 1 is 1.09 bits per heavy atom. The van der Waals surface area contributed by atoms with Gasteiger partial charge >= 0.3 is 0 Å². The summed E-state index contributed by atoms with van der Waals surface area (Å²) in [7, 11) is 2.97. The fourth-order valence-corrected chi connectivity index (χ4v) is 7.54. The molecule has 3 aliphatic carbocycles. The third-order valence-corrected chi connectivity index (χ3v) is 10.3. The normalized spacial score (nSPS) is 27.2. The number of nitro benzene ring substituents is 1. The molecule has 10 N–H and O–H groups in total. The first kappa shape index (κ1) is 41.4. The number of aliphatic hydroxyl groups excluding tert-OH is 4. The molecule has 7 atom stereocenters. The molecule has 20 heteroatoms. The molecule has 0 bridgehead atoms. The summed E-state index contributed by atoms with van der Waals surface area (Å²) in [5.74, 6) is -9.15. The maximum Gasteiger partial charge on any atom is 0.269 e. The number of nitrogens with one attached hydrogen (secondary N) is 1. The Bertz CT molecular complexity index is 1930. The summed E-state index contributed by atoms with van der Waals surface area (Å²) < 4.78 is 0. The highest BCUT2D eigenvalue weighted by molar-refractivity contribution is 6.53. The second-order valence-electron chi connectivity index (χ2n) is 13.0. The number of nitrogens with zero attached hydrogens (tertiary/aromatic N) is 2. The Balaban J connectivity index is 0.000000269. The summed E-state index contributed by atoms with van der Waals surface area (Å²) in [5.41, 5.74) is -0.977. The van der Waals surface area contributed by atoms with Crippen LogP contribution in [-0.2, 0) is 24.8 Å². The number of benzene rings is 2. The molecule has 0 saturated heterocycles. The largest absolute Gasteiger partial charge is 0.507 e. The van der Waals surface area contributed by atoms with E-state index in [1.807, 2.05) is 0 Å². The summed E-state index contributed by atoms with van der Waals surface area (Å²) in [6.07, 6.45) is -1.53. The van der Waals surface area contributed by atoms with Gasteiger partial charge in [0.25, 0.3) is 11.6 Å². The lowest BCUT2D eigenvalue weighted by Gasteiger charge is -2.53. The molecule has 2 aromatic carbocycles. The van der Waals surface area contributed by atoms with E-state index in [9.17, 15) is 59.9 Å². The number of ketones is 3. The van der Waals surface area contributed by atoms with Gasteiger partial charge in [-0.15, -0.1) is 0 Å². The topological polar surface area (TPSA) is 294 Å². The molecule has 0 radical (unpaired) electrons. The number of amides is 1. The number of alkyl halides is 2. The van der Waals surface area contributed by atoms with E-state index in [-0.39, 0.29) is 28.3 Å². The molecular weight excluding hydrogens is 767 g/mol. The van der Waals surface area contributed by atoms with Crippen LogP contribution in [0.3, 0.4) is 0 Å². The highest BCUT2D eigenvalue weighted by Gasteiger charge is 2.68. The molecule has 0 spiro atoms. The van der Waals surface area contributed by atoms with Crippen LogP contribution in [0.4, 0.5) is 5.69 Å². The number of nitrogens with two attached hydrogens (primary N) is 1. The molecule has 0 unspecified atom stereocenters. The number of rotatable bonds is 7. The van der Waals surface area contributed by atoms with Crippen LogP contribution in [-0.4, -0.2) is 112 Å². The summed E-state index contributed by atoms with van der Waals surface area (Å²) in [6.45, 7) is 0.782. The predicted molar refractivity (Wildman–Crippen MR) is 188 cm³/mol. The summed E-state index contributed by atoms with van der Waals surface area (Å²) in [5, 5.41) is 86.1. The Morgan fingerprint density at radius 2 is 1.68 bits per heavy atom. The number of aromatic hydroxyl groups is 1. The van der Waals surface area contributed by atoms with Gasteiger partial charge in [-0.2, -0.15) is 0 Å². The van der Waals surface area contributed by atoms with Crippen molar-refractivity contribution in [3.63, 3.8) is 0 Å². The molecule has 2 aromatic rings. The van der Waals surface area contributed by atoms with Crippen molar-refractivity contribution in [1.29, 1.82) is 0 Å². The Hall–Kier alpha value is -4.33. The number of fused-ring (bicyclic) bond motifs is 3. The minimum absolute atomic E-state index is 0.0184. The zero-order valence-corrected chi connectivity index (χ0v) is 30.3. The van der Waals surface area contributed by atoms with E-state index in [2.05, 4.69) is 5.32 Å².